The standard InChI is InChI=1S/C22H22N4O3S/c1-17-8-9-21(18(2)14-17)26(30(28,29)20-6-4-3-5-7-20)16-22(27)25-24-15-19-10-12-23-13-11-19/h3-15H,16H2,1-2H3,(H,25,27). The Labute approximate surface area is 176 Å². The fraction of sp³-hybridized carbons (Fsp3) is 0.136. The monoisotopic (exact) mass is 422 g/mol. The van der Waals surface area contributed by atoms with Crippen molar-refractivity contribution in [3.8, 4) is 0 Å². The van der Waals surface area contributed by atoms with E-state index >= 15 is 0 Å². The van der Waals surface area contributed by atoms with Crippen LogP contribution in [0.5, 0.6) is 0 Å². The van der Waals surface area contributed by atoms with Crippen LogP contribution in [0.3, 0.4) is 0 Å². The van der Waals surface area contributed by atoms with E-state index in [1.807, 2.05) is 26.0 Å². The summed E-state index contributed by atoms with van der Waals surface area (Å²) in [7, 11) is -3.95. The van der Waals surface area contributed by atoms with Crippen LogP contribution in [0.2, 0.25) is 0 Å². The Bertz CT molecular complexity index is 1150. The minimum absolute atomic E-state index is 0.109. The van der Waals surface area contributed by atoms with E-state index in [2.05, 4.69) is 15.5 Å². The molecule has 30 heavy (non-hydrogen) atoms. The van der Waals surface area contributed by atoms with Gasteiger partial charge in [-0.15, -0.1) is 0 Å². The third kappa shape index (κ3) is 5.09. The highest BCUT2D eigenvalue weighted by atomic mass is 32.2. The zero-order valence-corrected chi connectivity index (χ0v) is 17.5. The second-order valence-electron chi connectivity index (χ2n) is 6.69. The number of rotatable bonds is 7. The average Bonchev–Trinajstić information content (AvgIpc) is 2.74. The molecule has 154 valence electrons. The van der Waals surface area contributed by atoms with Gasteiger partial charge in [0.25, 0.3) is 15.9 Å². The summed E-state index contributed by atoms with van der Waals surface area (Å²) in [5.41, 5.74) is 5.34. The summed E-state index contributed by atoms with van der Waals surface area (Å²) in [5, 5.41) is 3.91. The van der Waals surface area contributed by atoms with E-state index in [-0.39, 0.29) is 4.90 Å². The number of aryl methyl sites for hydroxylation is 2. The van der Waals surface area contributed by atoms with E-state index < -0.39 is 22.5 Å². The summed E-state index contributed by atoms with van der Waals surface area (Å²) >= 11 is 0. The Balaban J connectivity index is 1.88. The van der Waals surface area contributed by atoms with Crippen LogP contribution in [-0.4, -0.2) is 32.1 Å². The van der Waals surface area contributed by atoms with Gasteiger partial charge in [0, 0.05) is 12.4 Å². The Morgan fingerprint density at radius 3 is 2.43 bits per heavy atom. The highest BCUT2D eigenvalue weighted by Crippen LogP contribution is 2.27. The second kappa shape index (κ2) is 9.32. The highest BCUT2D eigenvalue weighted by Gasteiger charge is 2.28. The number of amides is 1. The first-order chi connectivity index (χ1) is 14.4. The number of hydrazone groups is 1. The molecule has 3 rings (SSSR count). The lowest BCUT2D eigenvalue weighted by molar-refractivity contribution is -0.119. The van der Waals surface area contributed by atoms with E-state index in [0.29, 0.717) is 5.69 Å². The molecule has 2 aromatic carbocycles. The van der Waals surface area contributed by atoms with Gasteiger partial charge in [0.15, 0.2) is 0 Å². The predicted octanol–water partition coefficient (Wildman–Crippen LogP) is 3.04. The summed E-state index contributed by atoms with van der Waals surface area (Å²) in [5.74, 6) is -0.556. The fourth-order valence-corrected chi connectivity index (χ4v) is 4.41. The van der Waals surface area contributed by atoms with Gasteiger partial charge in [0.2, 0.25) is 0 Å². The van der Waals surface area contributed by atoms with Crippen LogP contribution in [-0.2, 0) is 14.8 Å². The zero-order chi connectivity index (χ0) is 21.6. The quantitative estimate of drug-likeness (QED) is 0.468. The van der Waals surface area contributed by atoms with Crippen molar-refractivity contribution in [1.82, 2.24) is 10.4 Å². The van der Waals surface area contributed by atoms with Gasteiger partial charge >= 0.3 is 0 Å². The van der Waals surface area contributed by atoms with Crippen molar-refractivity contribution in [2.75, 3.05) is 10.8 Å². The number of aromatic nitrogens is 1. The van der Waals surface area contributed by atoms with E-state index in [4.69, 9.17) is 0 Å². The summed E-state index contributed by atoms with van der Waals surface area (Å²) in [6.45, 7) is 3.33. The Morgan fingerprint density at radius 1 is 1.07 bits per heavy atom. The van der Waals surface area contributed by atoms with E-state index in [1.54, 1.807) is 48.8 Å². The lowest BCUT2D eigenvalue weighted by Gasteiger charge is -2.25. The number of carbonyl (C=O) groups excluding carboxylic acids is 1. The molecular formula is C22H22N4O3S. The number of hydrogen-bond acceptors (Lipinski definition) is 5. The number of anilines is 1. The second-order valence-corrected chi connectivity index (χ2v) is 8.55. The molecule has 7 nitrogen and oxygen atoms in total. The topological polar surface area (TPSA) is 91.7 Å². The average molecular weight is 423 g/mol. The molecule has 0 atom stereocenters. The molecular weight excluding hydrogens is 400 g/mol. The van der Waals surface area contributed by atoms with Gasteiger partial charge in [0.05, 0.1) is 16.8 Å². The van der Waals surface area contributed by atoms with Crippen LogP contribution >= 0.6 is 0 Å². The zero-order valence-electron chi connectivity index (χ0n) is 16.7. The Hall–Kier alpha value is -3.52. The van der Waals surface area contributed by atoms with Gasteiger partial charge in [-0.2, -0.15) is 5.10 Å². The SMILES string of the molecule is Cc1ccc(N(CC(=O)NN=Cc2ccncc2)S(=O)(=O)c2ccccc2)c(C)c1. The molecule has 0 saturated heterocycles. The van der Waals surface area contributed by atoms with Crippen molar-refractivity contribution >= 4 is 27.8 Å². The number of nitrogens with one attached hydrogen (secondary N) is 1. The molecule has 0 saturated carbocycles. The van der Waals surface area contributed by atoms with Crippen LogP contribution in [0, 0.1) is 13.8 Å². The van der Waals surface area contributed by atoms with Crippen LogP contribution in [0.4, 0.5) is 5.69 Å². The Morgan fingerprint density at radius 2 is 1.77 bits per heavy atom. The summed E-state index contributed by atoms with van der Waals surface area (Å²) in [6.07, 6.45) is 4.68. The van der Waals surface area contributed by atoms with Crippen molar-refractivity contribution < 1.29 is 13.2 Å². The molecule has 0 aliphatic rings. The van der Waals surface area contributed by atoms with Crippen molar-refractivity contribution in [3.05, 3.63) is 89.7 Å². The molecule has 0 aliphatic heterocycles. The normalized spacial score (nSPS) is 11.4. The van der Waals surface area contributed by atoms with Gasteiger partial charge in [-0.25, -0.2) is 13.8 Å². The van der Waals surface area contributed by atoms with Crippen molar-refractivity contribution in [2.45, 2.75) is 18.7 Å². The predicted molar refractivity (Wildman–Crippen MR) is 117 cm³/mol. The molecule has 0 aliphatic carbocycles. The smallest absolute Gasteiger partial charge is 0.264 e. The van der Waals surface area contributed by atoms with Crippen molar-refractivity contribution in [2.24, 2.45) is 5.10 Å². The van der Waals surface area contributed by atoms with Crippen LogP contribution < -0.4 is 9.73 Å². The third-order valence-corrected chi connectivity index (χ3v) is 6.12. The van der Waals surface area contributed by atoms with Gasteiger partial charge in [-0.3, -0.25) is 14.1 Å². The van der Waals surface area contributed by atoms with Gasteiger partial charge in [0.1, 0.15) is 6.54 Å². The van der Waals surface area contributed by atoms with Gasteiger partial charge in [-0.1, -0.05) is 35.9 Å². The molecule has 1 heterocycles. The molecule has 0 bridgehead atoms. The fourth-order valence-electron chi connectivity index (χ4n) is 2.90. The highest BCUT2D eigenvalue weighted by molar-refractivity contribution is 7.92. The number of pyridine rings is 1. The van der Waals surface area contributed by atoms with Crippen LogP contribution in [0.25, 0.3) is 0 Å². The van der Waals surface area contributed by atoms with Gasteiger partial charge < -0.3 is 0 Å². The molecule has 1 N–H and O–H groups in total. The number of sulfonamides is 1. The maximum atomic E-state index is 13.3. The number of benzene rings is 2. The number of carbonyl (C=O) groups is 1. The first-order valence-corrected chi connectivity index (χ1v) is 10.7. The largest absolute Gasteiger partial charge is 0.271 e. The third-order valence-electron chi connectivity index (χ3n) is 4.35. The lowest BCUT2D eigenvalue weighted by atomic mass is 10.1. The van der Waals surface area contributed by atoms with Crippen molar-refractivity contribution in [3.63, 3.8) is 0 Å². The molecule has 3 aromatic rings. The minimum atomic E-state index is -3.95. The molecule has 1 amide bonds. The summed E-state index contributed by atoms with van der Waals surface area (Å²) in [6, 6.07) is 16.9. The van der Waals surface area contributed by atoms with E-state index in [0.717, 1.165) is 21.0 Å². The molecule has 0 radical (unpaired) electrons. The molecule has 0 unspecified atom stereocenters. The summed E-state index contributed by atoms with van der Waals surface area (Å²) in [4.78, 5) is 16.5. The molecule has 0 spiro atoms. The minimum Gasteiger partial charge on any atom is -0.271 e. The summed E-state index contributed by atoms with van der Waals surface area (Å²) < 4.78 is 27.7. The molecule has 8 heteroatoms. The Kier molecular flexibility index (Phi) is 6.58. The maximum absolute atomic E-state index is 13.3. The van der Waals surface area contributed by atoms with Crippen LogP contribution in [0.15, 0.2) is 83.1 Å². The molecule has 0 fully saturated rings. The van der Waals surface area contributed by atoms with Gasteiger partial charge in [-0.05, 0) is 55.3 Å². The van der Waals surface area contributed by atoms with Crippen molar-refractivity contribution in [1.29, 1.82) is 0 Å². The maximum Gasteiger partial charge on any atom is 0.264 e. The van der Waals surface area contributed by atoms with E-state index in [9.17, 15) is 13.2 Å². The van der Waals surface area contributed by atoms with Crippen LogP contribution in [0.1, 0.15) is 16.7 Å². The molecule has 1 aromatic heterocycles. The first kappa shape index (κ1) is 21.2. The van der Waals surface area contributed by atoms with E-state index in [1.165, 1.54) is 18.3 Å². The number of hydrogen-bond donors (Lipinski definition) is 1. The number of nitrogens with zero attached hydrogens (tertiary/aromatic N) is 3. The first-order valence-electron chi connectivity index (χ1n) is 9.25. The lowest BCUT2D eigenvalue weighted by Crippen LogP contribution is -2.40.